The van der Waals surface area contributed by atoms with Gasteiger partial charge in [0.2, 0.25) is 0 Å². The van der Waals surface area contributed by atoms with E-state index in [1.807, 2.05) is 24.3 Å². The average Bonchev–Trinajstić information content (AvgIpc) is 2.91. The molecule has 0 unspecified atom stereocenters. The number of alkyl halides is 3. The fourth-order valence-electron chi connectivity index (χ4n) is 4.67. The van der Waals surface area contributed by atoms with Gasteiger partial charge in [0.1, 0.15) is 17.5 Å². The zero-order valence-electron chi connectivity index (χ0n) is 20.6. The molecule has 0 amide bonds. The molecule has 0 aliphatic rings. The van der Waals surface area contributed by atoms with Crippen LogP contribution in [0.15, 0.2) is 104 Å². The predicted octanol–water partition coefficient (Wildman–Crippen LogP) is 10.4. The van der Waals surface area contributed by atoms with Gasteiger partial charge < -0.3 is 0 Å². The van der Waals surface area contributed by atoms with Crippen LogP contribution in [0.2, 0.25) is 0 Å². The highest BCUT2D eigenvalue weighted by Crippen LogP contribution is 2.35. The van der Waals surface area contributed by atoms with Crippen LogP contribution in [0, 0.1) is 17.5 Å². The van der Waals surface area contributed by atoms with Crippen molar-refractivity contribution >= 4 is 10.8 Å². The molecule has 196 valence electrons. The molecule has 0 heterocycles. The molecule has 0 nitrogen and oxygen atoms in total. The number of benzene rings is 5. The average molecular weight is 533 g/mol. The maximum absolute atomic E-state index is 15.4. The highest BCUT2D eigenvalue weighted by molar-refractivity contribution is 5.89. The molecule has 5 aromatic rings. The Hall–Kier alpha value is -4.32. The van der Waals surface area contributed by atoms with Crippen molar-refractivity contribution in [2.24, 2.45) is 0 Å². The number of hydrogen-bond donors (Lipinski definition) is 0. The van der Waals surface area contributed by atoms with Gasteiger partial charge in [0.05, 0.1) is 5.56 Å². The standard InChI is InChI=1S/C33H22F6/c1-2-3-4-20-5-13-27-24(17-20)11-15-28(32(27)36)25-10-14-26(30(34)19-25)22-8-6-21(7-9-22)23-12-16-29(31(35)18-23)33(37,38)39/h2,5-19H,1,3-4H2. The van der Waals surface area contributed by atoms with E-state index in [0.717, 1.165) is 29.9 Å². The first-order valence-electron chi connectivity index (χ1n) is 12.3. The number of rotatable bonds is 6. The second-order valence-electron chi connectivity index (χ2n) is 9.27. The lowest BCUT2D eigenvalue weighted by molar-refractivity contribution is -0.139. The van der Waals surface area contributed by atoms with Crippen molar-refractivity contribution in [3.05, 3.63) is 132 Å². The molecule has 0 aliphatic heterocycles. The van der Waals surface area contributed by atoms with E-state index in [0.29, 0.717) is 28.1 Å². The molecule has 0 N–H and O–H groups in total. The SMILES string of the molecule is C=CCCc1ccc2c(F)c(-c3ccc(-c4ccc(-c5ccc(C(F)(F)F)c(F)c5)cc4)c(F)c3)ccc2c1. The first-order chi connectivity index (χ1) is 18.7. The minimum Gasteiger partial charge on any atom is -0.206 e. The normalized spacial score (nSPS) is 11.6. The molecule has 0 aliphatic carbocycles. The molecule has 0 spiro atoms. The molecular formula is C33H22F6. The van der Waals surface area contributed by atoms with Crippen molar-refractivity contribution in [1.82, 2.24) is 0 Å². The van der Waals surface area contributed by atoms with Gasteiger partial charge in [-0.1, -0.05) is 78.9 Å². The number of hydrogen-bond acceptors (Lipinski definition) is 0. The molecular weight excluding hydrogens is 510 g/mol. The van der Waals surface area contributed by atoms with Crippen molar-refractivity contribution in [3.63, 3.8) is 0 Å². The van der Waals surface area contributed by atoms with Crippen molar-refractivity contribution in [3.8, 4) is 33.4 Å². The Kier molecular flexibility index (Phi) is 7.04. The quantitative estimate of drug-likeness (QED) is 0.151. The van der Waals surface area contributed by atoms with E-state index in [2.05, 4.69) is 6.58 Å². The van der Waals surface area contributed by atoms with Gasteiger partial charge in [-0.2, -0.15) is 13.2 Å². The van der Waals surface area contributed by atoms with Gasteiger partial charge in [0.15, 0.2) is 0 Å². The van der Waals surface area contributed by atoms with E-state index in [1.54, 1.807) is 48.5 Å². The van der Waals surface area contributed by atoms with Gasteiger partial charge in [-0.25, -0.2) is 13.2 Å². The third kappa shape index (κ3) is 5.32. The van der Waals surface area contributed by atoms with Crippen LogP contribution >= 0.6 is 0 Å². The molecule has 0 fully saturated rings. The van der Waals surface area contributed by atoms with Crippen LogP contribution in [0.4, 0.5) is 26.3 Å². The van der Waals surface area contributed by atoms with Crippen LogP contribution in [-0.2, 0) is 12.6 Å². The lowest BCUT2D eigenvalue weighted by atomic mass is 9.95. The van der Waals surface area contributed by atoms with Gasteiger partial charge in [0.25, 0.3) is 0 Å². The topological polar surface area (TPSA) is 0 Å². The van der Waals surface area contributed by atoms with E-state index < -0.39 is 29.2 Å². The summed E-state index contributed by atoms with van der Waals surface area (Å²) >= 11 is 0. The smallest absolute Gasteiger partial charge is 0.206 e. The van der Waals surface area contributed by atoms with Gasteiger partial charge in [-0.3, -0.25) is 0 Å². The van der Waals surface area contributed by atoms with Crippen molar-refractivity contribution < 1.29 is 26.3 Å². The molecule has 0 saturated carbocycles. The molecule has 39 heavy (non-hydrogen) atoms. The third-order valence-corrected chi connectivity index (χ3v) is 6.74. The Balaban J connectivity index is 1.41. The Morgan fingerprint density at radius 3 is 1.92 bits per heavy atom. The minimum absolute atomic E-state index is 0.266. The van der Waals surface area contributed by atoms with Crippen LogP contribution < -0.4 is 0 Å². The monoisotopic (exact) mass is 532 g/mol. The van der Waals surface area contributed by atoms with E-state index >= 15 is 8.78 Å². The Labute approximate surface area is 221 Å². The van der Waals surface area contributed by atoms with E-state index in [-0.39, 0.29) is 16.7 Å². The number of allylic oxidation sites excluding steroid dienone is 1. The summed E-state index contributed by atoms with van der Waals surface area (Å²) in [7, 11) is 0. The highest BCUT2D eigenvalue weighted by Gasteiger charge is 2.33. The summed E-state index contributed by atoms with van der Waals surface area (Å²) in [5, 5.41) is 1.22. The van der Waals surface area contributed by atoms with E-state index in [1.165, 1.54) is 12.1 Å². The first-order valence-corrected chi connectivity index (χ1v) is 12.3. The molecule has 5 aromatic carbocycles. The maximum Gasteiger partial charge on any atom is 0.419 e. The summed E-state index contributed by atoms with van der Waals surface area (Å²) in [6.45, 7) is 3.72. The molecule has 5 rings (SSSR count). The van der Waals surface area contributed by atoms with Crippen LogP contribution in [-0.4, -0.2) is 0 Å². The lowest BCUT2D eigenvalue weighted by Crippen LogP contribution is -2.07. The minimum atomic E-state index is -4.78. The van der Waals surface area contributed by atoms with Crippen LogP contribution in [0.3, 0.4) is 0 Å². The third-order valence-electron chi connectivity index (χ3n) is 6.74. The molecule has 6 heteroatoms. The van der Waals surface area contributed by atoms with E-state index in [4.69, 9.17) is 0 Å². The zero-order chi connectivity index (χ0) is 27.7. The summed E-state index contributed by atoms with van der Waals surface area (Å²) in [5.41, 5.74) is 1.96. The maximum atomic E-state index is 15.4. The van der Waals surface area contributed by atoms with Gasteiger partial charge in [-0.05, 0) is 64.2 Å². The van der Waals surface area contributed by atoms with Crippen LogP contribution in [0.5, 0.6) is 0 Å². The summed E-state index contributed by atoms with van der Waals surface area (Å²) in [5.74, 6) is -2.34. The summed E-state index contributed by atoms with van der Waals surface area (Å²) in [4.78, 5) is 0. The molecule has 0 atom stereocenters. The van der Waals surface area contributed by atoms with Gasteiger partial charge >= 0.3 is 6.18 Å². The predicted molar refractivity (Wildman–Crippen MR) is 144 cm³/mol. The van der Waals surface area contributed by atoms with Gasteiger partial charge in [-0.15, -0.1) is 6.58 Å². The molecule has 0 radical (unpaired) electrons. The van der Waals surface area contributed by atoms with E-state index in [9.17, 15) is 17.6 Å². The Bertz CT molecular complexity index is 1680. The van der Waals surface area contributed by atoms with Crippen molar-refractivity contribution in [2.45, 2.75) is 19.0 Å². The number of halogens is 6. The Morgan fingerprint density at radius 2 is 1.26 bits per heavy atom. The summed E-state index contributed by atoms with van der Waals surface area (Å²) < 4.78 is 83.1. The second kappa shape index (κ2) is 10.4. The van der Waals surface area contributed by atoms with Crippen molar-refractivity contribution in [2.75, 3.05) is 0 Å². The van der Waals surface area contributed by atoms with Crippen LogP contribution in [0.25, 0.3) is 44.2 Å². The summed E-state index contributed by atoms with van der Waals surface area (Å²) in [6.07, 6.45) is -1.30. The number of fused-ring (bicyclic) bond motifs is 1. The molecule has 0 bridgehead atoms. The molecule has 0 aromatic heterocycles. The second-order valence-corrected chi connectivity index (χ2v) is 9.27. The van der Waals surface area contributed by atoms with Crippen LogP contribution in [0.1, 0.15) is 17.5 Å². The lowest BCUT2D eigenvalue weighted by Gasteiger charge is -2.12. The number of aryl methyl sites for hydroxylation is 1. The first kappa shape index (κ1) is 26.3. The highest BCUT2D eigenvalue weighted by atomic mass is 19.4. The molecule has 0 saturated heterocycles. The largest absolute Gasteiger partial charge is 0.419 e. The van der Waals surface area contributed by atoms with Crippen molar-refractivity contribution in [1.29, 1.82) is 0 Å². The van der Waals surface area contributed by atoms with Gasteiger partial charge in [0, 0.05) is 16.5 Å². The summed E-state index contributed by atoms with van der Waals surface area (Å²) in [6, 6.07) is 22.6. The zero-order valence-corrected chi connectivity index (χ0v) is 20.6. The fourth-order valence-corrected chi connectivity index (χ4v) is 4.67. The fraction of sp³-hybridized carbons (Fsp3) is 0.0909. The Morgan fingerprint density at radius 1 is 0.615 bits per heavy atom.